The Hall–Kier alpha value is -1.51. The van der Waals surface area contributed by atoms with E-state index in [4.69, 9.17) is 27.9 Å². The largest absolute Gasteiger partial charge is 0.422 e. The monoisotopic (exact) mass is 294 g/mol. The van der Waals surface area contributed by atoms with Crippen LogP contribution in [0.2, 0.25) is 10.0 Å². The second-order valence-corrected chi connectivity index (χ2v) is 5.08. The molecule has 0 unspecified atom stereocenters. The van der Waals surface area contributed by atoms with Gasteiger partial charge in [0, 0.05) is 5.02 Å². The van der Waals surface area contributed by atoms with Crippen LogP contribution in [-0.4, -0.2) is 5.97 Å². The molecule has 0 amide bonds. The number of aryl methyl sites for hydroxylation is 2. The van der Waals surface area contributed by atoms with E-state index in [9.17, 15) is 4.79 Å². The lowest BCUT2D eigenvalue weighted by molar-refractivity contribution is 0.0732. The Bertz CT molecular complexity index is 616. The maximum Gasteiger partial charge on any atom is 0.345 e. The summed E-state index contributed by atoms with van der Waals surface area (Å²) in [6.07, 6.45) is 0. The molecule has 4 heteroatoms. The van der Waals surface area contributed by atoms with Crippen LogP contribution in [0, 0.1) is 13.8 Å². The topological polar surface area (TPSA) is 26.3 Å². The minimum atomic E-state index is -0.487. The van der Waals surface area contributed by atoms with E-state index in [2.05, 4.69) is 0 Å². The van der Waals surface area contributed by atoms with Crippen molar-refractivity contribution in [1.29, 1.82) is 0 Å². The number of hydrogen-bond acceptors (Lipinski definition) is 2. The fourth-order valence-electron chi connectivity index (χ4n) is 1.76. The normalized spacial score (nSPS) is 10.3. The Balaban J connectivity index is 2.31. The quantitative estimate of drug-likeness (QED) is 0.586. The summed E-state index contributed by atoms with van der Waals surface area (Å²) in [6, 6.07) is 10.4. The number of esters is 1. The summed E-state index contributed by atoms with van der Waals surface area (Å²) in [5.74, 6) is 0.0811. The van der Waals surface area contributed by atoms with Crippen molar-refractivity contribution in [3.63, 3.8) is 0 Å². The van der Waals surface area contributed by atoms with E-state index in [1.165, 1.54) is 6.07 Å². The molecule has 19 heavy (non-hydrogen) atoms. The van der Waals surface area contributed by atoms with Crippen LogP contribution in [0.1, 0.15) is 21.5 Å². The molecule has 2 rings (SSSR count). The minimum absolute atomic E-state index is 0.281. The van der Waals surface area contributed by atoms with Crippen LogP contribution in [0.15, 0.2) is 36.4 Å². The molecule has 0 spiro atoms. The molecule has 98 valence electrons. The summed E-state index contributed by atoms with van der Waals surface area (Å²) in [7, 11) is 0. The molecule has 2 nitrogen and oxygen atoms in total. The Morgan fingerprint density at radius 1 is 1.05 bits per heavy atom. The van der Waals surface area contributed by atoms with Gasteiger partial charge in [-0.2, -0.15) is 0 Å². The number of carbonyl (C=O) groups excluding carboxylic acids is 1. The first kappa shape index (κ1) is 13.9. The first-order valence-electron chi connectivity index (χ1n) is 5.72. The number of para-hydroxylation sites is 1. The van der Waals surface area contributed by atoms with Gasteiger partial charge in [-0.3, -0.25) is 0 Å². The summed E-state index contributed by atoms with van der Waals surface area (Å²) in [5.41, 5.74) is 2.10. The third-order valence-electron chi connectivity index (χ3n) is 2.75. The molecule has 0 saturated carbocycles. The van der Waals surface area contributed by atoms with Gasteiger partial charge in [-0.05, 0) is 43.2 Å². The van der Waals surface area contributed by atoms with Gasteiger partial charge in [-0.15, -0.1) is 0 Å². The average Bonchev–Trinajstić information content (AvgIpc) is 2.33. The van der Waals surface area contributed by atoms with Gasteiger partial charge in [-0.25, -0.2) is 4.79 Å². The maximum atomic E-state index is 12.1. The zero-order chi connectivity index (χ0) is 14.0. The number of halogens is 2. The van der Waals surface area contributed by atoms with E-state index >= 15 is 0 Å². The van der Waals surface area contributed by atoms with E-state index in [0.29, 0.717) is 16.3 Å². The SMILES string of the molecule is Cc1cccc(C)c1OC(=O)c1ccc(Cl)cc1Cl. The van der Waals surface area contributed by atoms with Crippen molar-refractivity contribution >= 4 is 29.2 Å². The number of rotatable bonds is 2. The fourth-order valence-corrected chi connectivity index (χ4v) is 2.25. The van der Waals surface area contributed by atoms with Crippen LogP contribution < -0.4 is 4.74 Å². The van der Waals surface area contributed by atoms with E-state index < -0.39 is 5.97 Å². The Morgan fingerprint density at radius 3 is 2.26 bits per heavy atom. The lowest BCUT2D eigenvalue weighted by Gasteiger charge is -2.11. The Kier molecular flexibility index (Phi) is 4.13. The summed E-state index contributed by atoms with van der Waals surface area (Å²) in [5, 5.41) is 0.761. The van der Waals surface area contributed by atoms with E-state index in [0.717, 1.165) is 11.1 Å². The highest BCUT2D eigenvalue weighted by Gasteiger charge is 2.15. The van der Waals surface area contributed by atoms with Crippen LogP contribution in [0.3, 0.4) is 0 Å². The van der Waals surface area contributed by atoms with Gasteiger partial charge in [0.25, 0.3) is 0 Å². The van der Waals surface area contributed by atoms with Gasteiger partial charge < -0.3 is 4.74 Å². The van der Waals surface area contributed by atoms with Gasteiger partial charge in [-0.1, -0.05) is 41.4 Å². The highest BCUT2D eigenvalue weighted by molar-refractivity contribution is 6.36. The number of benzene rings is 2. The molecule has 2 aromatic rings. The highest BCUT2D eigenvalue weighted by atomic mass is 35.5. The van der Waals surface area contributed by atoms with Gasteiger partial charge in [0.1, 0.15) is 5.75 Å². The van der Waals surface area contributed by atoms with Crippen molar-refractivity contribution in [2.45, 2.75) is 13.8 Å². The molecule has 0 aliphatic rings. The smallest absolute Gasteiger partial charge is 0.345 e. The van der Waals surface area contributed by atoms with E-state index in [1.54, 1.807) is 12.1 Å². The molecule has 0 heterocycles. The van der Waals surface area contributed by atoms with Crippen molar-refractivity contribution in [3.05, 3.63) is 63.1 Å². The summed E-state index contributed by atoms with van der Waals surface area (Å²) in [6.45, 7) is 3.78. The maximum absolute atomic E-state index is 12.1. The first-order valence-corrected chi connectivity index (χ1v) is 6.48. The third kappa shape index (κ3) is 3.09. The zero-order valence-corrected chi connectivity index (χ0v) is 12.0. The average molecular weight is 295 g/mol. The van der Waals surface area contributed by atoms with Gasteiger partial charge in [0.15, 0.2) is 0 Å². The lowest BCUT2D eigenvalue weighted by Crippen LogP contribution is -2.10. The van der Waals surface area contributed by atoms with Crippen molar-refractivity contribution in [1.82, 2.24) is 0 Å². The molecule has 2 aromatic carbocycles. The van der Waals surface area contributed by atoms with Crippen LogP contribution in [0.25, 0.3) is 0 Å². The molecule has 0 saturated heterocycles. The minimum Gasteiger partial charge on any atom is -0.422 e. The van der Waals surface area contributed by atoms with E-state index in [1.807, 2.05) is 32.0 Å². The first-order chi connectivity index (χ1) is 8.99. The number of carbonyl (C=O) groups is 1. The summed E-state index contributed by atoms with van der Waals surface area (Å²) in [4.78, 5) is 12.1. The molecule has 0 atom stereocenters. The summed E-state index contributed by atoms with van der Waals surface area (Å²) < 4.78 is 5.42. The predicted octanol–water partition coefficient (Wildman–Crippen LogP) is 4.83. The lowest BCUT2D eigenvalue weighted by atomic mass is 10.1. The van der Waals surface area contributed by atoms with Crippen molar-refractivity contribution in [3.8, 4) is 5.75 Å². The number of ether oxygens (including phenoxy) is 1. The number of hydrogen-bond donors (Lipinski definition) is 0. The second kappa shape index (κ2) is 5.64. The third-order valence-corrected chi connectivity index (χ3v) is 3.30. The molecule has 0 N–H and O–H groups in total. The van der Waals surface area contributed by atoms with Crippen LogP contribution in [0.5, 0.6) is 5.75 Å². The van der Waals surface area contributed by atoms with Gasteiger partial charge in [0.2, 0.25) is 0 Å². The molecular weight excluding hydrogens is 283 g/mol. The highest BCUT2D eigenvalue weighted by Crippen LogP contribution is 2.26. The zero-order valence-electron chi connectivity index (χ0n) is 10.5. The van der Waals surface area contributed by atoms with Gasteiger partial charge >= 0.3 is 5.97 Å². The standard InChI is InChI=1S/C15H12Cl2O2/c1-9-4-3-5-10(2)14(9)19-15(18)12-7-6-11(16)8-13(12)17/h3-8H,1-2H3. The van der Waals surface area contributed by atoms with Crippen LogP contribution in [-0.2, 0) is 0 Å². The molecular formula is C15H12Cl2O2. The fraction of sp³-hybridized carbons (Fsp3) is 0.133. The van der Waals surface area contributed by atoms with Crippen molar-refractivity contribution in [2.75, 3.05) is 0 Å². The molecule has 0 radical (unpaired) electrons. The molecule has 0 bridgehead atoms. The molecule has 0 aromatic heterocycles. The molecule has 0 aliphatic heterocycles. The summed E-state index contributed by atoms with van der Waals surface area (Å²) >= 11 is 11.8. The second-order valence-electron chi connectivity index (χ2n) is 4.23. The van der Waals surface area contributed by atoms with Crippen molar-refractivity contribution in [2.24, 2.45) is 0 Å². The predicted molar refractivity (Wildman–Crippen MR) is 77.3 cm³/mol. The van der Waals surface area contributed by atoms with E-state index in [-0.39, 0.29) is 5.02 Å². The Labute approximate surface area is 121 Å². The van der Waals surface area contributed by atoms with Crippen molar-refractivity contribution < 1.29 is 9.53 Å². The molecule has 0 aliphatic carbocycles. The molecule has 0 fully saturated rings. The Morgan fingerprint density at radius 2 is 1.68 bits per heavy atom. The van der Waals surface area contributed by atoms with Gasteiger partial charge in [0.05, 0.1) is 10.6 Å². The van der Waals surface area contributed by atoms with Crippen LogP contribution >= 0.6 is 23.2 Å². The van der Waals surface area contributed by atoms with Crippen LogP contribution in [0.4, 0.5) is 0 Å².